The Labute approximate surface area is 146 Å². The molecule has 25 heavy (non-hydrogen) atoms. The molecule has 3 heterocycles. The second kappa shape index (κ2) is 6.02. The summed E-state index contributed by atoms with van der Waals surface area (Å²) < 4.78 is 7.50. The van der Waals surface area contributed by atoms with Crippen LogP contribution in [0.3, 0.4) is 0 Å². The number of carbonyl (C=O) groups excluding carboxylic acids is 2. The van der Waals surface area contributed by atoms with Crippen LogP contribution in [0.25, 0.3) is 0 Å². The number of esters is 1. The molecular formula is C19H21N3O3. The highest BCUT2D eigenvalue weighted by molar-refractivity contribution is 5.97. The Balaban J connectivity index is 1.55. The van der Waals surface area contributed by atoms with Crippen molar-refractivity contribution in [3.63, 3.8) is 0 Å². The van der Waals surface area contributed by atoms with Crippen molar-refractivity contribution in [1.82, 2.24) is 14.7 Å². The van der Waals surface area contributed by atoms with E-state index in [1.165, 1.54) is 0 Å². The molecule has 130 valence electrons. The molecule has 0 aliphatic carbocycles. The number of benzene rings is 1. The van der Waals surface area contributed by atoms with Crippen LogP contribution in [0, 0.1) is 0 Å². The smallest absolute Gasteiger partial charge is 0.339 e. The lowest BCUT2D eigenvalue weighted by Gasteiger charge is -2.40. The van der Waals surface area contributed by atoms with Crippen LogP contribution in [0.2, 0.25) is 0 Å². The van der Waals surface area contributed by atoms with E-state index in [0.717, 1.165) is 18.4 Å². The van der Waals surface area contributed by atoms with E-state index in [1.54, 1.807) is 19.2 Å². The minimum atomic E-state index is -1.14. The highest BCUT2D eigenvalue weighted by atomic mass is 16.6. The van der Waals surface area contributed by atoms with Crippen LogP contribution in [0.15, 0.2) is 42.7 Å². The maximum atomic E-state index is 13.2. The van der Waals surface area contributed by atoms with Gasteiger partial charge in [-0.15, -0.1) is 0 Å². The van der Waals surface area contributed by atoms with E-state index in [1.807, 2.05) is 40.0 Å². The fraction of sp³-hybridized carbons (Fsp3) is 0.421. The number of hydrogen-bond acceptors (Lipinski definition) is 4. The van der Waals surface area contributed by atoms with Gasteiger partial charge in [0, 0.05) is 31.9 Å². The molecule has 2 aliphatic heterocycles. The van der Waals surface area contributed by atoms with Crippen LogP contribution >= 0.6 is 0 Å². The first-order chi connectivity index (χ1) is 12.1. The number of hydrogen-bond donors (Lipinski definition) is 0. The zero-order chi connectivity index (χ0) is 17.4. The summed E-state index contributed by atoms with van der Waals surface area (Å²) in [5.74, 6) is -0.537. The predicted molar refractivity (Wildman–Crippen MR) is 91.0 cm³/mol. The van der Waals surface area contributed by atoms with Crippen LogP contribution in [0.5, 0.6) is 0 Å². The van der Waals surface area contributed by atoms with Gasteiger partial charge in [0.25, 0.3) is 5.91 Å². The third kappa shape index (κ3) is 2.81. The average molecular weight is 339 g/mol. The summed E-state index contributed by atoms with van der Waals surface area (Å²) in [5.41, 5.74) is 0.285. The third-order valence-corrected chi connectivity index (χ3v) is 5.12. The van der Waals surface area contributed by atoms with E-state index in [4.69, 9.17) is 4.74 Å². The van der Waals surface area contributed by atoms with E-state index >= 15 is 0 Å². The van der Waals surface area contributed by atoms with Crippen LogP contribution in [0.4, 0.5) is 0 Å². The number of fused-ring (bicyclic) bond motifs is 1. The molecule has 0 saturated carbocycles. The molecule has 6 nitrogen and oxygen atoms in total. The van der Waals surface area contributed by atoms with Crippen molar-refractivity contribution in [2.75, 3.05) is 13.1 Å². The number of cyclic esters (lactones) is 1. The number of rotatable bonds is 2. The molecule has 4 rings (SSSR count). The van der Waals surface area contributed by atoms with Gasteiger partial charge in [-0.05, 0) is 37.5 Å². The topological polar surface area (TPSA) is 64.4 Å². The van der Waals surface area contributed by atoms with Crippen molar-refractivity contribution in [3.05, 3.63) is 53.9 Å². The molecule has 1 saturated heterocycles. The van der Waals surface area contributed by atoms with Gasteiger partial charge in [-0.25, -0.2) is 4.79 Å². The highest BCUT2D eigenvalue weighted by Crippen LogP contribution is 2.31. The largest absolute Gasteiger partial charge is 0.445 e. The number of piperidine rings is 1. The Hall–Kier alpha value is -2.63. The summed E-state index contributed by atoms with van der Waals surface area (Å²) in [6, 6.07) is 9.39. The minimum absolute atomic E-state index is 0.118. The number of aromatic nitrogens is 2. The van der Waals surface area contributed by atoms with Gasteiger partial charge >= 0.3 is 5.97 Å². The Morgan fingerprint density at radius 3 is 2.96 bits per heavy atom. The Kier molecular flexibility index (Phi) is 3.82. The third-order valence-electron chi connectivity index (χ3n) is 5.12. The summed E-state index contributed by atoms with van der Waals surface area (Å²) in [5, 5.41) is 4.30. The fourth-order valence-corrected chi connectivity index (χ4v) is 3.84. The van der Waals surface area contributed by atoms with Gasteiger partial charge in [-0.2, -0.15) is 5.10 Å². The van der Waals surface area contributed by atoms with Crippen LogP contribution < -0.4 is 0 Å². The average Bonchev–Trinajstić information content (AvgIpc) is 3.16. The monoisotopic (exact) mass is 339 g/mol. The first-order valence-electron chi connectivity index (χ1n) is 8.66. The molecule has 0 bridgehead atoms. The van der Waals surface area contributed by atoms with Crippen molar-refractivity contribution in [3.8, 4) is 0 Å². The van der Waals surface area contributed by atoms with E-state index in [2.05, 4.69) is 5.10 Å². The molecule has 1 amide bonds. The molecule has 2 aromatic rings. The lowest BCUT2D eigenvalue weighted by molar-refractivity contribution is -0.152. The van der Waals surface area contributed by atoms with Gasteiger partial charge in [-0.1, -0.05) is 18.2 Å². The van der Waals surface area contributed by atoms with Crippen LogP contribution in [0.1, 0.15) is 41.7 Å². The van der Waals surface area contributed by atoms with Gasteiger partial charge in [0.15, 0.2) is 5.60 Å². The van der Waals surface area contributed by atoms with E-state index in [0.29, 0.717) is 25.1 Å². The van der Waals surface area contributed by atoms with Gasteiger partial charge in [-0.3, -0.25) is 9.48 Å². The first kappa shape index (κ1) is 15.9. The molecule has 1 aromatic heterocycles. The van der Waals surface area contributed by atoms with Gasteiger partial charge in [0.05, 0.1) is 11.6 Å². The van der Waals surface area contributed by atoms with Crippen LogP contribution in [-0.4, -0.2) is 45.2 Å². The predicted octanol–water partition coefficient (Wildman–Crippen LogP) is 2.22. The summed E-state index contributed by atoms with van der Waals surface area (Å²) >= 11 is 0. The lowest BCUT2D eigenvalue weighted by Crippen LogP contribution is -2.55. The van der Waals surface area contributed by atoms with Gasteiger partial charge in [0.2, 0.25) is 0 Å². The Morgan fingerprint density at radius 2 is 2.16 bits per heavy atom. The lowest BCUT2D eigenvalue weighted by atomic mass is 9.88. The Bertz CT molecular complexity index is 802. The minimum Gasteiger partial charge on any atom is -0.445 e. The van der Waals surface area contributed by atoms with E-state index in [9.17, 15) is 9.59 Å². The molecular weight excluding hydrogens is 318 g/mol. The van der Waals surface area contributed by atoms with Crippen molar-refractivity contribution >= 4 is 11.9 Å². The summed E-state index contributed by atoms with van der Waals surface area (Å²) in [6.07, 6.45) is 6.00. The normalized spacial score (nSPS) is 26.0. The van der Waals surface area contributed by atoms with E-state index in [-0.39, 0.29) is 11.9 Å². The first-order valence-corrected chi connectivity index (χ1v) is 8.66. The summed E-state index contributed by atoms with van der Waals surface area (Å²) in [7, 11) is 0. The summed E-state index contributed by atoms with van der Waals surface area (Å²) in [4.78, 5) is 27.3. The molecule has 2 aliphatic rings. The standard InChI is InChI=1S/C19H21N3O3/c1-19(12-14-6-2-3-8-16(14)17(23)25-19)18(24)21-10-4-7-15(13-21)22-11-5-9-20-22/h2-3,5-6,8-9,11,15H,4,7,10,12-13H2,1H3. The van der Waals surface area contributed by atoms with Gasteiger partial charge < -0.3 is 9.64 Å². The molecule has 0 spiro atoms. The zero-order valence-electron chi connectivity index (χ0n) is 14.2. The quantitative estimate of drug-likeness (QED) is 0.787. The number of likely N-dealkylation sites (tertiary alicyclic amines) is 1. The zero-order valence-corrected chi connectivity index (χ0v) is 14.2. The van der Waals surface area contributed by atoms with Crippen molar-refractivity contribution < 1.29 is 14.3 Å². The molecule has 2 unspecified atom stereocenters. The van der Waals surface area contributed by atoms with Crippen molar-refractivity contribution in [1.29, 1.82) is 0 Å². The molecule has 6 heteroatoms. The number of amides is 1. The Morgan fingerprint density at radius 1 is 1.32 bits per heavy atom. The van der Waals surface area contributed by atoms with E-state index < -0.39 is 11.6 Å². The maximum Gasteiger partial charge on any atom is 0.339 e. The summed E-state index contributed by atoms with van der Waals surface area (Å²) in [6.45, 7) is 3.00. The second-order valence-electron chi connectivity index (χ2n) is 6.99. The maximum absolute atomic E-state index is 13.2. The highest BCUT2D eigenvalue weighted by Gasteiger charge is 2.45. The number of ether oxygens (including phenoxy) is 1. The van der Waals surface area contributed by atoms with Gasteiger partial charge in [0.1, 0.15) is 0 Å². The molecule has 0 N–H and O–H groups in total. The molecule has 1 fully saturated rings. The number of carbonyl (C=O) groups is 2. The van der Waals surface area contributed by atoms with Crippen molar-refractivity contribution in [2.24, 2.45) is 0 Å². The SMILES string of the molecule is CC1(C(=O)N2CCCC(n3cccn3)C2)Cc2ccccc2C(=O)O1. The molecule has 1 aromatic carbocycles. The van der Waals surface area contributed by atoms with Crippen molar-refractivity contribution in [2.45, 2.75) is 37.8 Å². The number of nitrogens with zero attached hydrogens (tertiary/aromatic N) is 3. The molecule has 0 radical (unpaired) electrons. The second-order valence-corrected chi connectivity index (χ2v) is 6.99. The van der Waals surface area contributed by atoms with Crippen LogP contribution in [-0.2, 0) is 16.0 Å². The molecule has 2 atom stereocenters. The fourth-order valence-electron chi connectivity index (χ4n) is 3.84.